The highest BCUT2D eigenvalue weighted by Gasteiger charge is 2.44. The fourth-order valence-corrected chi connectivity index (χ4v) is 5.65. The molecule has 90 valence electrons. The molecule has 3 unspecified atom stereocenters. The summed E-state index contributed by atoms with van der Waals surface area (Å²) in [5.41, 5.74) is 0. The number of hydrogen-bond donors (Lipinski definition) is 1. The van der Waals surface area contributed by atoms with E-state index < -0.39 is 8.07 Å². The third-order valence-electron chi connectivity index (χ3n) is 4.85. The summed E-state index contributed by atoms with van der Waals surface area (Å²) in [4.78, 5) is 0. The maximum absolute atomic E-state index is 4.86. The van der Waals surface area contributed by atoms with Gasteiger partial charge in [-0.3, -0.25) is 0 Å². The van der Waals surface area contributed by atoms with Crippen molar-refractivity contribution in [3.8, 4) is 0 Å². The largest absolute Gasteiger partial charge is 0.176 e. The predicted octanol–water partition coefficient (Wildman–Crippen LogP) is 4.84. The Bertz CT molecular complexity index is 219. The number of thiol groups is 1. The molecular formula is C13H28SSi. The van der Waals surface area contributed by atoms with Crippen molar-refractivity contribution in [1.29, 1.82) is 0 Å². The van der Waals surface area contributed by atoms with Crippen molar-refractivity contribution >= 4 is 20.7 Å². The van der Waals surface area contributed by atoms with Gasteiger partial charge in [0.2, 0.25) is 0 Å². The van der Waals surface area contributed by atoms with Crippen molar-refractivity contribution in [3.63, 3.8) is 0 Å². The summed E-state index contributed by atoms with van der Waals surface area (Å²) >= 11 is 4.86. The van der Waals surface area contributed by atoms with Gasteiger partial charge in [0.25, 0.3) is 0 Å². The van der Waals surface area contributed by atoms with Gasteiger partial charge < -0.3 is 0 Å². The van der Waals surface area contributed by atoms with E-state index in [0.717, 1.165) is 11.8 Å². The van der Waals surface area contributed by atoms with Crippen LogP contribution >= 0.6 is 12.6 Å². The summed E-state index contributed by atoms with van der Waals surface area (Å²) in [7, 11) is -1.04. The molecule has 0 heterocycles. The Morgan fingerprint density at radius 3 is 2.13 bits per heavy atom. The minimum Gasteiger partial charge on any atom is -0.176 e. The van der Waals surface area contributed by atoms with E-state index in [0.29, 0.717) is 10.3 Å². The van der Waals surface area contributed by atoms with Crippen LogP contribution in [0.15, 0.2) is 0 Å². The van der Waals surface area contributed by atoms with Gasteiger partial charge in [0, 0.05) is 5.25 Å². The Balaban J connectivity index is 2.73. The van der Waals surface area contributed by atoms with Crippen molar-refractivity contribution < 1.29 is 0 Å². The van der Waals surface area contributed by atoms with Gasteiger partial charge in [-0.2, -0.15) is 12.6 Å². The normalized spacial score (nSPS) is 38.4. The minimum absolute atomic E-state index is 0.616. The molecule has 0 N–H and O–H groups in total. The van der Waals surface area contributed by atoms with Crippen molar-refractivity contribution in [2.45, 2.75) is 70.0 Å². The molecule has 0 amide bonds. The van der Waals surface area contributed by atoms with Crippen LogP contribution in [-0.4, -0.2) is 13.3 Å². The maximum Gasteiger partial charge on any atom is 0.0502 e. The van der Waals surface area contributed by atoms with Crippen LogP contribution in [0.2, 0.25) is 24.7 Å². The molecule has 0 radical (unpaired) electrons. The van der Waals surface area contributed by atoms with Crippen molar-refractivity contribution in [2.75, 3.05) is 0 Å². The Hall–Kier alpha value is 0.567. The molecule has 0 aromatic carbocycles. The van der Waals surface area contributed by atoms with Crippen molar-refractivity contribution in [2.24, 2.45) is 11.8 Å². The van der Waals surface area contributed by atoms with Crippen LogP contribution in [0, 0.1) is 11.8 Å². The van der Waals surface area contributed by atoms with E-state index in [4.69, 9.17) is 12.6 Å². The Labute approximate surface area is 103 Å². The number of rotatable bonds is 2. The molecule has 0 saturated heterocycles. The van der Waals surface area contributed by atoms with Gasteiger partial charge in [-0.1, -0.05) is 40.4 Å². The van der Waals surface area contributed by atoms with E-state index in [1.54, 1.807) is 0 Å². The monoisotopic (exact) mass is 244 g/mol. The summed E-state index contributed by atoms with van der Waals surface area (Å²) in [6.07, 6.45) is 4.17. The third-order valence-corrected chi connectivity index (χ3v) is 9.49. The maximum atomic E-state index is 4.86. The standard InChI is InChI=1S/C13H28SSi/c1-10(2)11-7-8-13(3,9-12(11)14)15(4,5)6/h10-12,14H,7-9H2,1-6H3. The van der Waals surface area contributed by atoms with Crippen molar-refractivity contribution in [3.05, 3.63) is 0 Å². The first-order valence-corrected chi connectivity index (χ1v) is 10.4. The molecule has 1 saturated carbocycles. The van der Waals surface area contributed by atoms with Gasteiger partial charge >= 0.3 is 0 Å². The summed E-state index contributed by atoms with van der Waals surface area (Å²) in [6, 6.07) is 0. The van der Waals surface area contributed by atoms with E-state index in [2.05, 4.69) is 40.4 Å². The highest BCUT2D eigenvalue weighted by Crippen LogP contribution is 2.53. The highest BCUT2D eigenvalue weighted by molar-refractivity contribution is 7.81. The molecule has 1 rings (SSSR count). The molecular weight excluding hydrogens is 216 g/mol. The summed E-state index contributed by atoms with van der Waals surface area (Å²) in [5.74, 6) is 1.65. The molecule has 1 aliphatic rings. The van der Waals surface area contributed by atoms with Crippen LogP contribution in [0.3, 0.4) is 0 Å². The SMILES string of the molecule is CC(C)C1CCC(C)([Si](C)(C)C)CC1S. The zero-order valence-corrected chi connectivity index (χ0v) is 13.2. The summed E-state index contributed by atoms with van der Waals surface area (Å²) < 4.78 is 0. The first-order chi connectivity index (χ1) is 6.67. The molecule has 0 spiro atoms. The first-order valence-electron chi connectivity index (χ1n) is 6.35. The molecule has 0 nitrogen and oxygen atoms in total. The fourth-order valence-electron chi connectivity index (χ4n) is 2.85. The van der Waals surface area contributed by atoms with Crippen LogP contribution in [0.1, 0.15) is 40.0 Å². The smallest absolute Gasteiger partial charge is 0.0502 e. The van der Waals surface area contributed by atoms with Gasteiger partial charge in [0.1, 0.15) is 0 Å². The molecule has 15 heavy (non-hydrogen) atoms. The van der Waals surface area contributed by atoms with Gasteiger partial charge in [-0.05, 0) is 36.1 Å². The molecule has 0 aromatic heterocycles. The molecule has 3 atom stereocenters. The van der Waals surface area contributed by atoms with Crippen LogP contribution in [0.25, 0.3) is 0 Å². The number of hydrogen-bond acceptors (Lipinski definition) is 1. The molecule has 0 bridgehead atoms. The Morgan fingerprint density at radius 2 is 1.80 bits per heavy atom. The van der Waals surface area contributed by atoms with Gasteiger partial charge in [0.05, 0.1) is 8.07 Å². The van der Waals surface area contributed by atoms with Gasteiger partial charge in [0.15, 0.2) is 0 Å². The lowest BCUT2D eigenvalue weighted by Crippen LogP contribution is -2.44. The average Bonchev–Trinajstić information content (AvgIpc) is 2.00. The molecule has 2 heteroatoms. The van der Waals surface area contributed by atoms with Gasteiger partial charge in [-0.15, -0.1) is 0 Å². The van der Waals surface area contributed by atoms with Crippen LogP contribution < -0.4 is 0 Å². The van der Waals surface area contributed by atoms with Crippen LogP contribution in [0.5, 0.6) is 0 Å². The van der Waals surface area contributed by atoms with E-state index in [1.807, 2.05) is 0 Å². The second-order valence-electron chi connectivity index (χ2n) is 7.03. The lowest BCUT2D eigenvalue weighted by molar-refractivity contribution is 0.248. The highest BCUT2D eigenvalue weighted by atomic mass is 32.1. The van der Waals surface area contributed by atoms with Crippen LogP contribution in [-0.2, 0) is 0 Å². The first kappa shape index (κ1) is 13.6. The zero-order valence-electron chi connectivity index (χ0n) is 11.3. The van der Waals surface area contributed by atoms with Crippen molar-refractivity contribution in [1.82, 2.24) is 0 Å². The Kier molecular flexibility index (Phi) is 4.04. The summed E-state index contributed by atoms with van der Waals surface area (Å²) in [6.45, 7) is 14.8. The second kappa shape index (κ2) is 4.44. The van der Waals surface area contributed by atoms with E-state index in [-0.39, 0.29) is 0 Å². The summed E-state index contributed by atoms with van der Waals surface area (Å²) in [5, 5.41) is 1.25. The molecule has 0 aromatic rings. The average molecular weight is 245 g/mol. The quantitative estimate of drug-likeness (QED) is 0.521. The van der Waals surface area contributed by atoms with Gasteiger partial charge in [-0.25, -0.2) is 0 Å². The minimum atomic E-state index is -1.04. The Morgan fingerprint density at radius 1 is 1.27 bits per heavy atom. The fraction of sp³-hybridized carbons (Fsp3) is 1.00. The second-order valence-corrected chi connectivity index (χ2v) is 13.4. The lowest BCUT2D eigenvalue weighted by atomic mass is 9.76. The van der Waals surface area contributed by atoms with E-state index in [1.165, 1.54) is 19.3 Å². The molecule has 1 aliphatic carbocycles. The molecule has 0 aliphatic heterocycles. The zero-order chi connectivity index (χ0) is 11.9. The van der Waals surface area contributed by atoms with E-state index in [9.17, 15) is 0 Å². The third kappa shape index (κ3) is 2.82. The molecule has 1 fully saturated rings. The van der Waals surface area contributed by atoms with E-state index >= 15 is 0 Å². The predicted molar refractivity (Wildman–Crippen MR) is 76.7 cm³/mol. The van der Waals surface area contributed by atoms with Crippen LogP contribution in [0.4, 0.5) is 0 Å². The topological polar surface area (TPSA) is 0 Å². The lowest BCUT2D eigenvalue weighted by Gasteiger charge is -2.49.